The predicted molar refractivity (Wildman–Crippen MR) is 200 cm³/mol. The van der Waals surface area contributed by atoms with E-state index in [4.69, 9.17) is 9.47 Å². The maximum atomic E-state index is 14.1. The van der Waals surface area contributed by atoms with Gasteiger partial charge in [-0.15, -0.1) is 0 Å². The average molecular weight is 736 g/mol. The number of ketones is 1. The fraction of sp³-hybridized carbons (Fsp3) is 0.575. The van der Waals surface area contributed by atoms with Crippen LogP contribution in [0.2, 0.25) is 0 Å². The molecular formula is C40H57N5O8. The molecule has 2 saturated heterocycles. The largest absolute Gasteiger partial charge is 0.632 e. The minimum absolute atomic E-state index is 0.0247. The molecule has 4 N–H and O–H groups in total. The lowest BCUT2D eigenvalue weighted by atomic mass is 9.93. The number of morpholine rings is 1. The third-order valence-corrected chi connectivity index (χ3v) is 9.63. The summed E-state index contributed by atoms with van der Waals surface area (Å²) in [6, 6.07) is 14.8. The molecule has 4 rings (SSSR count). The molecule has 2 heterocycles. The Kier molecular flexibility index (Phi) is 15.1. The van der Waals surface area contributed by atoms with Crippen molar-refractivity contribution >= 4 is 29.4 Å². The average Bonchev–Trinajstić information content (AvgIpc) is 3.87. The van der Waals surface area contributed by atoms with Gasteiger partial charge < -0.3 is 40.6 Å². The first-order valence-electron chi connectivity index (χ1n) is 18.8. The van der Waals surface area contributed by atoms with Crippen molar-refractivity contribution in [2.75, 3.05) is 39.5 Å². The first kappa shape index (κ1) is 41.6. The van der Waals surface area contributed by atoms with Crippen molar-refractivity contribution in [2.45, 2.75) is 96.5 Å². The van der Waals surface area contributed by atoms with Crippen LogP contribution < -0.4 is 21.3 Å². The molecule has 0 aromatic heterocycles. The van der Waals surface area contributed by atoms with Crippen LogP contribution in [0.1, 0.15) is 65.0 Å². The van der Waals surface area contributed by atoms with Crippen LogP contribution in [-0.4, -0.2) is 103 Å². The number of Topliss-reactive ketones (excluding diaryl/α,β-unsaturated/α-hetero) is 1. The zero-order chi connectivity index (χ0) is 38.6. The van der Waals surface area contributed by atoms with Crippen LogP contribution in [0.3, 0.4) is 0 Å². The summed E-state index contributed by atoms with van der Waals surface area (Å²) < 4.78 is 9.95. The van der Waals surface area contributed by atoms with Gasteiger partial charge in [0.1, 0.15) is 36.8 Å². The summed E-state index contributed by atoms with van der Waals surface area (Å²) in [6.45, 7) is 10.2. The van der Waals surface area contributed by atoms with Gasteiger partial charge >= 0.3 is 0 Å². The van der Waals surface area contributed by atoms with Crippen molar-refractivity contribution in [2.24, 2.45) is 11.8 Å². The summed E-state index contributed by atoms with van der Waals surface area (Å²) in [7, 11) is 0. The smallest absolute Gasteiger partial charge is 0.276 e. The molecule has 0 unspecified atom stereocenters. The van der Waals surface area contributed by atoms with Gasteiger partial charge in [0.25, 0.3) is 5.91 Å². The molecule has 2 aliphatic heterocycles. The lowest BCUT2D eigenvalue weighted by molar-refractivity contribution is -0.880. The Bertz CT molecular complexity index is 1530. The molecule has 0 saturated carbocycles. The molecule has 13 nitrogen and oxygen atoms in total. The highest BCUT2D eigenvalue weighted by Crippen LogP contribution is 2.29. The highest BCUT2D eigenvalue weighted by Gasteiger charge is 2.50. The first-order valence-corrected chi connectivity index (χ1v) is 18.8. The number of nitrogens with zero attached hydrogens (tertiary/aromatic N) is 1. The number of aryl methyl sites for hydroxylation is 1. The van der Waals surface area contributed by atoms with Crippen molar-refractivity contribution in [3.63, 3.8) is 0 Å². The molecule has 2 aliphatic rings. The predicted octanol–water partition coefficient (Wildman–Crippen LogP) is 2.60. The third kappa shape index (κ3) is 13.3. The molecule has 2 aromatic carbocycles. The Hall–Kier alpha value is -4.17. The van der Waals surface area contributed by atoms with E-state index in [0.29, 0.717) is 12.8 Å². The number of quaternary nitrogens is 1. The van der Waals surface area contributed by atoms with Gasteiger partial charge in [-0.3, -0.25) is 24.0 Å². The van der Waals surface area contributed by atoms with Crippen molar-refractivity contribution in [3.05, 3.63) is 77.0 Å². The summed E-state index contributed by atoms with van der Waals surface area (Å²) in [5.41, 5.74) is 0.814. The van der Waals surface area contributed by atoms with Gasteiger partial charge in [0.05, 0.1) is 25.9 Å². The Balaban J connectivity index is 1.52. The second kappa shape index (κ2) is 19.2. The Morgan fingerprint density at radius 1 is 0.717 bits per heavy atom. The number of epoxide rings is 1. The van der Waals surface area contributed by atoms with Crippen molar-refractivity contribution < 1.29 is 38.1 Å². The maximum absolute atomic E-state index is 14.1. The van der Waals surface area contributed by atoms with Crippen LogP contribution in [-0.2, 0) is 46.3 Å². The van der Waals surface area contributed by atoms with E-state index in [1.807, 2.05) is 88.4 Å². The quantitative estimate of drug-likeness (QED) is 0.0911. The maximum Gasteiger partial charge on any atom is 0.276 e. The summed E-state index contributed by atoms with van der Waals surface area (Å²) in [5, 5.41) is 24.5. The fourth-order valence-electron chi connectivity index (χ4n) is 6.46. The minimum atomic E-state index is -1.06. The highest BCUT2D eigenvalue weighted by molar-refractivity contribution is 5.98. The van der Waals surface area contributed by atoms with Crippen LogP contribution in [0.5, 0.6) is 0 Å². The van der Waals surface area contributed by atoms with E-state index in [-0.39, 0.29) is 76.3 Å². The molecule has 53 heavy (non-hydrogen) atoms. The topological polar surface area (TPSA) is 178 Å². The van der Waals surface area contributed by atoms with E-state index in [1.54, 1.807) is 6.92 Å². The number of hydroxylamine groups is 3. The number of amides is 4. The number of hydrogen-bond donors (Lipinski definition) is 4. The molecule has 0 radical (unpaired) electrons. The standard InChI is InChI=1S/C40H57N5O8/c1-27(2)22-32(36(47)40(5)26-53-40)42-39(50)34(24-30-14-10-7-11-15-30)44-38(49)33(23-28(3)4)43-37(48)31(17-16-29-12-8-6-9-13-29)41-35(46)25-45(51)18-20-52-21-19-45/h6-15,27-28,31-34H,16-26H2,1-5H3,(H,41,46)(H,42,50)(H,43,48)(H,44,49)/t31-,32+,33+,34+,40+/m0/s1. The zero-order valence-electron chi connectivity index (χ0n) is 31.7. The molecule has 5 atom stereocenters. The van der Waals surface area contributed by atoms with Crippen LogP contribution >= 0.6 is 0 Å². The van der Waals surface area contributed by atoms with Gasteiger partial charge in [0.15, 0.2) is 12.3 Å². The fourth-order valence-corrected chi connectivity index (χ4v) is 6.46. The number of hydrogen-bond acceptors (Lipinski definition) is 8. The summed E-state index contributed by atoms with van der Waals surface area (Å²) in [6.07, 6.45) is 1.49. The SMILES string of the molecule is CC(C)C[C@@H](NC(=O)[C@H](CCc1ccccc1)NC(=O)C[N+]1([O-])CCOCC1)C(=O)N[C@H](Cc1ccccc1)C(=O)N[C@H](CC(C)C)C(=O)[C@@]1(C)CO1. The molecule has 290 valence electrons. The van der Waals surface area contributed by atoms with E-state index in [0.717, 1.165) is 11.1 Å². The van der Waals surface area contributed by atoms with Crippen LogP contribution in [0.15, 0.2) is 60.7 Å². The Morgan fingerprint density at radius 2 is 1.21 bits per heavy atom. The summed E-state index contributed by atoms with van der Waals surface area (Å²) in [4.78, 5) is 68.5. The monoisotopic (exact) mass is 735 g/mol. The van der Waals surface area contributed by atoms with E-state index >= 15 is 0 Å². The lowest BCUT2D eigenvalue weighted by Gasteiger charge is -2.44. The number of ether oxygens (including phenoxy) is 2. The number of carbonyl (C=O) groups is 5. The minimum Gasteiger partial charge on any atom is -0.632 e. The summed E-state index contributed by atoms with van der Waals surface area (Å²) >= 11 is 0. The second-order valence-corrected chi connectivity index (χ2v) is 15.4. The van der Waals surface area contributed by atoms with Gasteiger partial charge in [-0.25, -0.2) is 0 Å². The van der Waals surface area contributed by atoms with E-state index < -0.39 is 58.0 Å². The first-order chi connectivity index (χ1) is 25.2. The van der Waals surface area contributed by atoms with Crippen LogP contribution in [0, 0.1) is 17.0 Å². The third-order valence-electron chi connectivity index (χ3n) is 9.63. The van der Waals surface area contributed by atoms with Gasteiger partial charge in [0, 0.05) is 6.42 Å². The van der Waals surface area contributed by atoms with Gasteiger partial charge in [-0.05, 0) is 55.6 Å². The van der Waals surface area contributed by atoms with Gasteiger partial charge in [-0.1, -0.05) is 88.4 Å². The molecule has 4 amide bonds. The van der Waals surface area contributed by atoms with Gasteiger partial charge in [-0.2, -0.15) is 0 Å². The molecule has 13 heteroatoms. The zero-order valence-corrected chi connectivity index (χ0v) is 31.7. The van der Waals surface area contributed by atoms with Crippen molar-refractivity contribution in [1.82, 2.24) is 21.3 Å². The summed E-state index contributed by atoms with van der Waals surface area (Å²) in [5.74, 6) is -2.36. The van der Waals surface area contributed by atoms with Crippen molar-refractivity contribution in [1.29, 1.82) is 0 Å². The molecule has 0 aliphatic carbocycles. The number of nitrogens with one attached hydrogen (secondary N) is 4. The molecule has 2 aromatic rings. The van der Waals surface area contributed by atoms with E-state index in [9.17, 15) is 29.2 Å². The second-order valence-electron chi connectivity index (χ2n) is 15.4. The molecule has 0 spiro atoms. The lowest BCUT2D eigenvalue weighted by Crippen LogP contribution is -2.60. The van der Waals surface area contributed by atoms with E-state index in [1.165, 1.54) is 0 Å². The highest BCUT2D eigenvalue weighted by atomic mass is 16.6. The Labute approximate surface area is 313 Å². The van der Waals surface area contributed by atoms with Gasteiger partial charge in [0.2, 0.25) is 17.7 Å². The van der Waals surface area contributed by atoms with Crippen LogP contribution in [0.25, 0.3) is 0 Å². The van der Waals surface area contributed by atoms with Crippen LogP contribution in [0.4, 0.5) is 0 Å². The molecular weight excluding hydrogens is 678 g/mol. The van der Waals surface area contributed by atoms with E-state index in [2.05, 4.69) is 21.3 Å². The number of rotatable bonds is 20. The Morgan fingerprint density at radius 3 is 1.77 bits per heavy atom. The molecule has 0 bridgehead atoms. The normalized spacial score (nSPS) is 20.1. The van der Waals surface area contributed by atoms with Crippen molar-refractivity contribution in [3.8, 4) is 0 Å². The molecule has 2 fully saturated rings. The number of carbonyl (C=O) groups excluding carboxylic acids is 5. The number of benzene rings is 2.